The first kappa shape index (κ1) is 18.1. The van der Waals surface area contributed by atoms with Crippen molar-refractivity contribution in [3.8, 4) is 0 Å². The second kappa shape index (κ2) is 8.14. The van der Waals surface area contributed by atoms with Gasteiger partial charge in [0.05, 0.1) is 28.9 Å². The van der Waals surface area contributed by atoms with Gasteiger partial charge >= 0.3 is 5.97 Å². The average molecular weight is 375 g/mol. The second-order valence-electron chi connectivity index (χ2n) is 6.06. The van der Waals surface area contributed by atoms with E-state index in [1.165, 1.54) is 19.5 Å². The lowest BCUT2D eigenvalue weighted by Gasteiger charge is -2.12. The number of methoxy groups -OCH3 is 1. The van der Waals surface area contributed by atoms with Crippen LogP contribution in [0.5, 0.6) is 0 Å². The molecule has 2 N–H and O–H groups in total. The molecule has 0 saturated heterocycles. The standard InChI is InChI=1S/C18H19ClN4O3/c1-26-17(25)11-6-7-14(19)15(8-11)23-18-20-9-12(10-21-18)16(24)22-13-4-2-3-5-13/h6-10,13H,2-5H2,1H3,(H,22,24)(H,20,21,23). The number of rotatable bonds is 5. The molecule has 1 aromatic heterocycles. The summed E-state index contributed by atoms with van der Waals surface area (Å²) in [4.78, 5) is 32.1. The van der Waals surface area contributed by atoms with Gasteiger partial charge in [-0.2, -0.15) is 0 Å². The highest BCUT2D eigenvalue weighted by Gasteiger charge is 2.18. The summed E-state index contributed by atoms with van der Waals surface area (Å²) >= 11 is 6.14. The minimum atomic E-state index is -0.468. The van der Waals surface area contributed by atoms with E-state index < -0.39 is 5.97 Å². The molecule has 2 aromatic rings. The zero-order valence-corrected chi connectivity index (χ0v) is 15.0. The molecule has 7 nitrogen and oxygen atoms in total. The summed E-state index contributed by atoms with van der Waals surface area (Å²) in [5.74, 6) is -0.370. The molecule has 0 bridgehead atoms. The number of aromatic nitrogens is 2. The number of anilines is 2. The Morgan fingerprint density at radius 1 is 1.15 bits per heavy atom. The molecule has 26 heavy (non-hydrogen) atoms. The molecule has 0 radical (unpaired) electrons. The number of nitrogens with one attached hydrogen (secondary N) is 2. The molecule has 1 aliphatic rings. The lowest BCUT2D eigenvalue weighted by atomic mass is 10.2. The van der Waals surface area contributed by atoms with Crippen LogP contribution in [0.15, 0.2) is 30.6 Å². The lowest BCUT2D eigenvalue weighted by molar-refractivity contribution is 0.0600. The van der Waals surface area contributed by atoms with E-state index in [1.807, 2.05) is 0 Å². The fraction of sp³-hybridized carbons (Fsp3) is 0.333. The summed E-state index contributed by atoms with van der Waals surface area (Å²) in [5, 5.41) is 6.33. The van der Waals surface area contributed by atoms with Gasteiger partial charge in [0.2, 0.25) is 5.95 Å². The zero-order valence-electron chi connectivity index (χ0n) is 14.3. The van der Waals surface area contributed by atoms with E-state index in [-0.39, 0.29) is 17.9 Å². The monoisotopic (exact) mass is 374 g/mol. The number of hydrogen-bond acceptors (Lipinski definition) is 6. The minimum absolute atomic E-state index is 0.172. The summed E-state index contributed by atoms with van der Waals surface area (Å²) in [5.41, 5.74) is 1.22. The molecule has 0 atom stereocenters. The molecule has 1 aliphatic carbocycles. The van der Waals surface area contributed by atoms with Crippen molar-refractivity contribution in [1.82, 2.24) is 15.3 Å². The molecule has 1 fully saturated rings. The van der Waals surface area contributed by atoms with Crippen molar-refractivity contribution >= 4 is 35.1 Å². The first-order valence-corrected chi connectivity index (χ1v) is 8.72. The maximum atomic E-state index is 12.2. The van der Waals surface area contributed by atoms with E-state index in [0.29, 0.717) is 21.8 Å². The number of nitrogens with zero attached hydrogens (tertiary/aromatic N) is 2. The van der Waals surface area contributed by atoms with Crippen molar-refractivity contribution in [2.75, 3.05) is 12.4 Å². The Bertz CT molecular complexity index is 805. The maximum absolute atomic E-state index is 12.2. The highest BCUT2D eigenvalue weighted by molar-refractivity contribution is 6.33. The van der Waals surface area contributed by atoms with Gasteiger partial charge in [0, 0.05) is 18.4 Å². The molecule has 1 aromatic carbocycles. The quantitative estimate of drug-likeness (QED) is 0.780. The van der Waals surface area contributed by atoms with Gasteiger partial charge in [-0.25, -0.2) is 14.8 Å². The van der Waals surface area contributed by atoms with Crippen LogP contribution in [-0.2, 0) is 4.74 Å². The maximum Gasteiger partial charge on any atom is 0.337 e. The molecular formula is C18H19ClN4O3. The van der Waals surface area contributed by atoms with Gasteiger partial charge in [-0.15, -0.1) is 0 Å². The van der Waals surface area contributed by atoms with Crippen LogP contribution in [0.3, 0.4) is 0 Å². The number of esters is 1. The Labute approximate surface area is 156 Å². The third-order valence-corrected chi connectivity index (χ3v) is 4.57. The molecule has 0 spiro atoms. The third-order valence-electron chi connectivity index (χ3n) is 4.24. The van der Waals surface area contributed by atoms with Crippen LogP contribution in [0.1, 0.15) is 46.4 Å². The molecule has 0 unspecified atom stereocenters. The molecular weight excluding hydrogens is 356 g/mol. The van der Waals surface area contributed by atoms with E-state index >= 15 is 0 Å². The highest BCUT2D eigenvalue weighted by Crippen LogP contribution is 2.25. The minimum Gasteiger partial charge on any atom is -0.465 e. The molecule has 0 aliphatic heterocycles. The highest BCUT2D eigenvalue weighted by atomic mass is 35.5. The second-order valence-corrected chi connectivity index (χ2v) is 6.47. The lowest BCUT2D eigenvalue weighted by Crippen LogP contribution is -2.32. The Hall–Kier alpha value is -2.67. The van der Waals surface area contributed by atoms with Crippen LogP contribution in [-0.4, -0.2) is 35.0 Å². The molecule has 8 heteroatoms. The summed E-state index contributed by atoms with van der Waals surface area (Å²) < 4.78 is 4.69. The van der Waals surface area contributed by atoms with Crippen LogP contribution in [0.2, 0.25) is 5.02 Å². The number of hydrogen-bond donors (Lipinski definition) is 2. The first-order chi connectivity index (χ1) is 12.6. The van der Waals surface area contributed by atoms with E-state index in [0.717, 1.165) is 25.7 Å². The third kappa shape index (κ3) is 4.29. The molecule has 1 amide bonds. The van der Waals surface area contributed by atoms with E-state index in [4.69, 9.17) is 16.3 Å². The average Bonchev–Trinajstić information content (AvgIpc) is 3.16. The van der Waals surface area contributed by atoms with E-state index in [2.05, 4.69) is 20.6 Å². The van der Waals surface area contributed by atoms with Crippen molar-refractivity contribution in [3.05, 3.63) is 46.7 Å². The number of amides is 1. The Balaban J connectivity index is 1.69. The Morgan fingerprint density at radius 3 is 2.50 bits per heavy atom. The van der Waals surface area contributed by atoms with E-state index in [1.54, 1.807) is 18.2 Å². The van der Waals surface area contributed by atoms with Gasteiger partial charge < -0.3 is 15.4 Å². The number of halogens is 1. The number of ether oxygens (including phenoxy) is 1. The molecule has 3 rings (SSSR count). The van der Waals surface area contributed by atoms with Gasteiger partial charge in [0.1, 0.15) is 0 Å². The van der Waals surface area contributed by atoms with Crippen LogP contribution >= 0.6 is 11.6 Å². The van der Waals surface area contributed by atoms with Crippen molar-refractivity contribution in [2.45, 2.75) is 31.7 Å². The normalized spacial score (nSPS) is 14.1. The zero-order chi connectivity index (χ0) is 18.5. The molecule has 1 heterocycles. The number of carbonyl (C=O) groups excluding carboxylic acids is 2. The smallest absolute Gasteiger partial charge is 0.337 e. The van der Waals surface area contributed by atoms with Crippen LogP contribution in [0.25, 0.3) is 0 Å². The van der Waals surface area contributed by atoms with Crippen LogP contribution in [0, 0.1) is 0 Å². The van der Waals surface area contributed by atoms with E-state index in [9.17, 15) is 9.59 Å². The van der Waals surface area contributed by atoms with Crippen molar-refractivity contribution in [2.24, 2.45) is 0 Å². The van der Waals surface area contributed by atoms with Crippen molar-refractivity contribution in [1.29, 1.82) is 0 Å². The van der Waals surface area contributed by atoms with Crippen LogP contribution in [0.4, 0.5) is 11.6 Å². The predicted molar refractivity (Wildman–Crippen MR) is 97.8 cm³/mol. The molecule has 136 valence electrons. The fourth-order valence-electron chi connectivity index (χ4n) is 2.84. The Kier molecular flexibility index (Phi) is 5.68. The molecule has 1 saturated carbocycles. The summed E-state index contributed by atoms with van der Waals surface area (Å²) in [6, 6.07) is 4.94. The topological polar surface area (TPSA) is 93.2 Å². The largest absolute Gasteiger partial charge is 0.465 e. The van der Waals surface area contributed by atoms with Crippen molar-refractivity contribution < 1.29 is 14.3 Å². The van der Waals surface area contributed by atoms with Crippen LogP contribution < -0.4 is 10.6 Å². The number of carbonyl (C=O) groups is 2. The SMILES string of the molecule is COC(=O)c1ccc(Cl)c(Nc2ncc(C(=O)NC3CCCC3)cn2)c1. The van der Waals surface area contributed by atoms with Gasteiger partial charge in [-0.1, -0.05) is 24.4 Å². The van der Waals surface area contributed by atoms with Gasteiger partial charge in [0.15, 0.2) is 0 Å². The van der Waals surface area contributed by atoms with Gasteiger partial charge in [0.25, 0.3) is 5.91 Å². The summed E-state index contributed by atoms with van der Waals surface area (Å²) in [7, 11) is 1.31. The summed E-state index contributed by atoms with van der Waals surface area (Å²) in [6.45, 7) is 0. The summed E-state index contributed by atoms with van der Waals surface area (Å²) in [6.07, 6.45) is 7.24. The predicted octanol–water partition coefficient (Wildman–Crippen LogP) is 3.33. The Morgan fingerprint density at radius 2 is 1.85 bits per heavy atom. The number of benzene rings is 1. The first-order valence-electron chi connectivity index (χ1n) is 8.34. The fourth-order valence-corrected chi connectivity index (χ4v) is 3.00. The van der Waals surface area contributed by atoms with Gasteiger partial charge in [-0.3, -0.25) is 4.79 Å². The van der Waals surface area contributed by atoms with Crippen molar-refractivity contribution in [3.63, 3.8) is 0 Å². The van der Waals surface area contributed by atoms with Gasteiger partial charge in [-0.05, 0) is 31.0 Å².